The second-order valence-electron chi connectivity index (χ2n) is 7.76. The van der Waals surface area contributed by atoms with E-state index in [1.807, 2.05) is 13.0 Å². The smallest absolute Gasteiger partial charge is 0.407 e. The zero-order valence-corrected chi connectivity index (χ0v) is 17.2. The molecule has 2 rings (SSSR count). The monoisotopic (exact) mass is 405 g/mol. The number of carbonyl (C=O) groups excluding carboxylic acids is 1. The van der Waals surface area contributed by atoms with Gasteiger partial charge in [-0.2, -0.15) is 5.26 Å². The van der Waals surface area contributed by atoms with Gasteiger partial charge in [0.15, 0.2) is 0 Å². The van der Waals surface area contributed by atoms with Crippen molar-refractivity contribution in [1.82, 2.24) is 10.3 Å². The van der Waals surface area contributed by atoms with Gasteiger partial charge < -0.3 is 20.1 Å². The van der Waals surface area contributed by atoms with E-state index >= 15 is 0 Å². The first-order chi connectivity index (χ1) is 13.0. The lowest BCUT2D eigenvalue weighted by molar-refractivity contribution is 0.0344. The molecule has 8 nitrogen and oxygen atoms in total. The molecule has 0 unspecified atom stereocenters. The van der Waals surface area contributed by atoms with Crippen LogP contribution in [0.15, 0.2) is 0 Å². The van der Waals surface area contributed by atoms with Crippen LogP contribution in [-0.2, 0) is 11.2 Å². The molecule has 1 amide bonds. The average molecular weight is 406 g/mol. The Morgan fingerprint density at radius 2 is 2.25 bits per heavy atom. The number of β-amino-alcohol motifs (C(OH)–C–C–N with tert-alkyl or cyclic N) is 1. The van der Waals surface area contributed by atoms with Crippen LogP contribution >= 0.6 is 11.6 Å². The van der Waals surface area contributed by atoms with Crippen molar-refractivity contribution in [3.63, 3.8) is 0 Å². The molecule has 2 heterocycles. The lowest BCUT2D eigenvalue weighted by Crippen LogP contribution is -2.46. The van der Waals surface area contributed by atoms with E-state index in [0.29, 0.717) is 30.8 Å². The van der Waals surface area contributed by atoms with Crippen LogP contribution in [0.1, 0.15) is 45.2 Å². The highest BCUT2D eigenvalue weighted by atomic mass is 35.5. The highest BCUT2D eigenvalue weighted by molar-refractivity contribution is 6.31. The minimum atomic E-state index is -1.19. The molecule has 0 aromatic carbocycles. The SMILES string of the molecule is [C-]#[N+]c1c(N2CC[C@](O)(CNC(=O)OC(C)(C)C)C2)nc(Cl)c(C#N)c1CC. The lowest BCUT2D eigenvalue weighted by Gasteiger charge is -2.26. The molecule has 0 radical (unpaired) electrons. The summed E-state index contributed by atoms with van der Waals surface area (Å²) in [6.07, 6.45) is 0.240. The quantitative estimate of drug-likeness (QED) is 0.589. The van der Waals surface area contributed by atoms with Crippen LogP contribution in [0.3, 0.4) is 0 Å². The first kappa shape index (κ1) is 21.7. The molecule has 1 aliphatic heterocycles. The highest BCUT2D eigenvalue weighted by Gasteiger charge is 2.38. The predicted molar refractivity (Wildman–Crippen MR) is 106 cm³/mol. The summed E-state index contributed by atoms with van der Waals surface area (Å²) in [4.78, 5) is 21.4. The number of amides is 1. The van der Waals surface area contributed by atoms with Gasteiger partial charge in [0.1, 0.15) is 28.2 Å². The molecule has 0 bridgehead atoms. The molecule has 1 saturated heterocycles. The van der Waals surface area contributed by atoms with E-state index in [1.54, 1.807) is 25.7 Å². The summed E-state index contributed by atoms with van der Waals surface area (Å²) in [7, 11) is 0. The molecule has 0 spiro atoms. The molecule has 1 fully saturated rings. The molecule has 150 valence electrons. The number of aliphatic hydroxyl groups is 1. The average Bonchev–Trinajstić information content (AvgIpc) is 3.00. The standard InChI is InChI=1S/C19H24ClN5O3/c1-6-12-13(9-21)15(20)24-16(14(12)22-5)25-8-7-19(27,11-25)10-23-17(26)28-18(2,3)4/h27H,6-8,10-11H2,1-4H3,(H,23,26)/t19-/m0/s1. The van der Waals surface area contributed by atoms with E-state index in [0.717, 1.165) is 0 Å². The summed E-state index contributed by atoms with van der Waals surface area (Å²) >= 11 is 6.16. The van der Waals surface area contributed by atoms with Crippen LogP contribution in [0.2, 0.25) is 5.15 Å². The number of rotatable bonds is 4. The van der Waals surface area contributed by atoms with E-state index in [4.69, 9.17) is 22.9 Å². The summed E-state index contributed by atoms with van der Waals surface area (Å²) in [6, 6.07) is 2.01. The molecule has 1 aromatic heterocycles. The number of alkyl carbamates (subject to hydrolysis) is 1. The third kappa shape index (κ3) is 4.83. The van der Waals surface area contributed by atoms with E-state index in [1.165, 1.54) is 0 Å². The molecular weight excluding hydrogens is 382 g/mol. The molecule has 0 aliphatic carbocycles. The van der Waals surface area contributed by atoms with Gasteiger partial charge in [0, 0.05) is 13.1 Å². The number of nitrogens with zero attached hydrogens (tertiary/aromatic N) is 4. The van der Waals surface area contributed by atoms with Gasteiger partial charge in [-0.3, -0.25) is 0 Å². The molecule has 1 aliphatic rings. The fraction of sp³-hybridized carbons (Fsp3) is 0.579. The molecule has 0 saturated carbocycles. The van der Waals surface area contributed by atoms with E-state index in [-0.39, 0.29) is 29.5 Å². The Morgan fingerprint density at radius 1 is 1.57 bits per heavy atom. The van der Waals surface area contributed by atoms with Crippen LogP contribution in [0.25, 0.3) is 4.85 Å². The van der Waals surface area contributed by atoms with Crippen LogP contribution < -0.4 is 10.2 Å². The fourth-order valence-electron chi connectivity index (χ4n) is 3.11. The molecule has 1 aromatic rings. The topological polar surface area (TPSA) is 103 Å². The third-order valence-corrected chi connectivity index (χ3v) is 4.65. The maximum Gasteiger partial charge on any atom is 0.407 e. The summed E-state index contributed by atoms with van der Waals surface area (Å²) in [5, 5.41) is 22.8. The number of aromatic nitrogens is 1. The van der Waals surface area contributed by atoms with Gasteiger partial charge in [0.25, 0.3) is 0 Å². The van der Waals surface area contributed by atoms with Gasteiger partial charge in [-0.05, 0) is 39.2 Å². The lowest BCUT2D eigenvalue weighted by atomic mass is 10.0. The third-order valence-electron chi connectivity index (χ3n) is 4.38. The number of ether oxygens (including phenoxy) is 1. The molecule has 2 N–H and O–H groups in total. The van der Waals surface area contributed by atoms with Crippen LogP contribution in [-0.4, -0.2) is 47.0 Å². The number of hydrogen-bond acceptors (Lipinski definition) is 6. The number of carbonyl (C=O) groups is 1. The van der Waals surface area contributed by atoms with Crippen molar-refractivity contribution >= 4 is 29.2 Å². The van der Waals surface area contributed by atoms with E-state index in [9.17, 15) is 15.2 Å². The molecule has 1 atom stereocenters. The Labute approximate surface area is 169 Å². The Bertz CT molecular complexity index is 853. The maximum atomic E-state index is 11.9. The van der Waals surface area contributed by atoms with Gasteiger partial charge in [-0.15, -0.1) is 0 Å². The summed E-state index contributed by atoms with van der Waals surface area (Å²) in [5.41, 5.74) is -0.786. The summed E-state index contributed by atoms with van der Waals surface area (Å²) in [6.45, 7) is 15.3. The van der Waals surface area contributed by atoms with Crippen LogP contribution in [0, 0.1) is 17.9 Å². The largest absolute Gasteiger partial charge is 0.444 e. The highest BCUT2D eigenvalue weighted by Crippen LogP contribution is 2.39. The van der Waals surface area contributed by atoms with Gasteiger partial charge in [0.2, 0.25) is 5.69 Å². The zero-order chi connectivity index (χ0) is 21.1. The van der Waals surface area contributed by atoms with Crippen LogP contribution in [0.4, 0.5) is 16.3 Å². The second-order valence-corrected chi connectivity index (χ2v) is 8.11. The Balaban J connectivity index is 2.20. The van der Waals surface area contributed by atoms with E-state index in [2.05, 4.69) is 15.1 Å². The summed E-state index contributed by atoms with van der Waals surface area (Å²) in [5.74, 6) is 0.351. The van der Waals surface area contributed by atoms with Crippen molar-refractivity contribution in [1.29, 1.82) is 5.26 Å². The predicted octanol–water partition coefficient (Wildman–Crippen LogP) is 3.19. The van der Waals surface area contributed by atoms with Gasteiger partial charge in [0.05, 0.1) is 18.7 Å². The Kier molecular flexibility index (Phi) is 6.38. The Morgan fingerprint density at radius 3 is 2.79 bits per heavy atom. The number of anilines is 1. The number of nitrogens with one attached hydrogen (secondary N) is 1. The van der Waals surface area contributed by atoms with Gasteiger partial charge in [-0.1, -0.05) is 18.5 Å². The first-order valence-electron chi connectivity index (χ1n) is 8.97. The molecule has 9 heteroatoms. The number of pyridine rings is 1. The van der Waals surface area contributed by atoms with Crippen molar-refractivity contribution < 1.29 is 14.6 Å². The van der Waals surface area contributed by atoms with Gasteiger partial charge in [-0.25, -0.2) is 14.6 Å². The van der Waals surface area contributed by atoms with Crippen molar-refractivity contribution in [2.24, 2.45) is 0 Å². The van der Waals surface area contributed by atoms with Crippen molar-refractivity contribution in [2.45, 2.75) is 51.7 Å². The fourth-order valence-corrected chi connectivity index (χ4v) is 3.34. The molecule has 28 heavy (non-hydrogen) atoms. The van der Waals surface area contributed by atoms with Gasteiger partial charge >= 0.3 is 6.09 Å². The zero-order valence-electron chi connectivity index (χ0n) is 16.5. The minimum absolute atomic E-state index is 0.0103. The molecular formula is C19H24ClN5O3. The first-order valence-corrected chi connectivity index (χ1v) is 9.35. The normalized spacial score (nSPS) is 19.1. The van der Waals surface area contributed by atoms with Crippen LogP contribution in [0.5, 0.6) is 0 Å². The maximum absolute atomic E-state index is 11.9. The van der Waals surface area contributed by atoms with Crippen molar-refractivity contribution in [2.75, 3.05) is 24.5 Å². The number of halogens is 1. The van der Waals surface area contributed by atoms with Crippen molar-refractivity contribution in [3.05, 3.63) is 27.7 Å². The second kappa shape index (κ2) is 8.22. The number of nitriles is 1. The minimum Gasteiger partial charge on any atom is -0.444 e. The summed E-state index contributed by atoms with van der Waals surface area (Å²) < 4.78 is 5.19. The number of hydrogen-bond donors (Lipinski definition) is 2. The van der Waals surface area contributed by atoms with Crippen molar-refractivity contribution in [3.8, 4) is 6.07 Å². The Hall–Kier alpha value is -2.55. The van der Waals surface area contributed by atoms with E-state index < -0.39 is 17.3 Å².